The van der Waals surface area contributed by atoms with Gasteiger partial charge in [-0.05, 0) is 40.3 Å². The highest BCUT2D eigenvalue weighted by Crippen LogP contribution is 2.16. The second kappa shape index (κ2) is 7.65. The molecule has 0 aliphatic heterocycles. The van der Waals surface area contributed by atoms with Crippen molar-refractivity contribution in [3.05, 3.63) is 22.5 Å². The van der Waals surface area contributed by atoms with E-state index < -0.39 is 0 Å². The number of aromatic nitrogens is 4. The molecule has 0 saturated carbocycles. The van der Waals surface area contributed by atoms with Gasteiger partial charge in [0.25, 0.3) is 0 Å². The molecule has 1 atom stereocenters. The lowest BCUT2D eigenvalue weighted by Crippen LogP contribution is -2.41. The zero-order valence-electron chi connectivity index (χ0n) is 14.3. The van der Waals surface area contributed by atoms with Gasteiger partial charge in [-0.2, -0.15) is 5.10 Å². The highest BCUT2D eigenvalue weighted by molar-refractivity contribution is 7.15. The second-order valence-electron chi connectivity index (χ2n) is 5.65. The zero-order valence-corrected chi connectivity index (χ0v) is 15.1. The van der Waals surface area contributed by atoms with E-state index in [0.717, 1.165) is 35.9 Å². The summed E-state index contributed by atoms with van der Waals surface area (Å²) < 4.78 is 1.97. The van der Waals surface area contributed by atoms with Crippen LogP contribution in [0.25, 0.3) is 0 Å². The van der Waals surface area contributed by atoms with Crippen LogP contribution >= 0.6 is 11.3 Å². The van der Waals surface area contributed by atoms with E-state index in [4.69, 9.17) is 0 Å². The first kappa shape index (κ1) is 17.6. The van der Waals surface area contributed by atoms with Crippen LogP contribution in [0.2, 0.25) is 0 Å². The summed E-state index contributed by atoms with van der Waals surface area (Å²) in [6.07, 6.45) is 0.825. The Hall–Kier alpha value is -1.80. The van der Waals surface area contributed by atoms with Gasteiger partial charge in [0, 0.05) is 12.2 Å². The van der Waals surface area contributed by atoms with Gasteiger partial charge in [-0.1, -0.05) is 18.3 Å². The summed E-state index contributed by atoms with van der Waals surface area (Å²) in [7, 11) is 1.94. The third-order valence-electron chi connectivity index (χ3n) is 3.81. The average molecular weight is 336 g/mol. The van der Waals surface area contributed by atoms with Crippen molar-refractivity contribution in [2.75, 3.05) is 18.9 Å². The van der Waals surface area contributed by atoms with Gasteiger partial charge < -0.3 is 0 Å². The van der Waals surface area contributed by atoms with Crippen molar-refractivity contribution in [3.63, 3.8) is 0 Å². The normalized spacial score (nSPS) is 12.6. The topological polar surface area (TPSA) is 75.9 Å². The van der Waals surface area contributed by atoms with Crippen LogP contribution in [-0.2, 0) is 17.8 Å². The maximum absolute atomic E-state index is 12.3. The molecule has 0 unspecified atom stereocenters. The maximum Gasteiger partial charge on any atom is 0.243 e. The fourth-order valence-corrected chi connectivity index (χ4v) is 2.89. The molecule has 23 heavy (non-hydrogen) atoms. The number of carbonyl (C=O) groups is 1. The molecule has 7 nitrogen and oxygen atoms in total. The molecule has 0 radical (unpaired) electrons. The van der Waals surface area contributed by atoms with Crippen molar-refractivity contribution in [3.8, 4) is 0 Å². The maximum atomic E-state index is 12.3. The van der Waals surface area contributed by atoms with Gasteiger partial charge in [0.05, 0.1) is 18.3 Å². The van der Waals surface area contributed by atoms with Gasteiger partial charge in [-0.15, -0.1) is 10.2 Å². The van der Waals surface area contributed by atoms with E-state index in [-0.39, 0.29) is 11.9 Å². The van der Waals surface area contributed by atoms with E-state index in [1.807, 2.05) is 44.3 Å². The molecule has 0 aromatic carbocycles. The fourth-order valence-electron chi connectivity index (χ4n) is 2.20. The Morgan fingerprint density at radius 3 is 2.74 bits per heavy atom. The number of nitrogens with zero attached hydrogens (tertiary/aromatic N) is 5. The van der Waals surface area contributed by atoms with Crippen LogP contribution in [0.4, 0.5) is 5.13 Å². The number of aryl methyl sites for hydroxylation is 3. The molecule has 1 N–H and O–H groups in total. The lowest BCUT2D eigenvalue weighted by Gasteiger charge is -2.23. The molecule has 2 aromatic heterocycles. The van der Waals surface area contributed by atoms with Gasteiger partial charge in [-0.3, -0.25) is 19.7 Å². The van der Waals surface area contributed by atoms with E-state index >= 15 is 0 Å². The molecule has 2 aromatic rings. The quantitative estimate of drug-likeness (QED) is 0.835. The summed E-state index contributed by atoms with van der Waals surface area (Å²) in [5, 5.41) is 16.7. The number of amides is 1. The Bertz CT molecular complexity index is 665. The Labute approximate surface area is 140 Å². The minimum absolute atomic E-state index is 0.0697. The van der Waals surface area contributed by atoms with Gasteiger partial charge in [-0.25, -0.2) is 0 Å². The molecule has 0 aliphatic rings. The predicted molar refractivity (Wildman–Crippen MR) is 91.7 cm³/mol. The first-order valence-corrected chi connectivity index (χ1v) is 8.57. The highest BCUT2D eigenvalue weighted by Gasteiger charge is 2.19. The molecule has 8 heteroatoms. The van der Waals surface area contributed by atoms with Crippen LogP contribution in [-0.4, -0.2) is 50.4 Å². The highest BCUT2D eigenvalue weighted by atomic mass is 32.1. The Kier molecular flexibility index (Phi) is 5.84. The molecular weight excluding hydrogens is 312 g/mol. The van der Waals surface area contributed by atoms with E-state index in [2.05, 4.69) is 26.7 Å². The lowest BCUT2D eigenvalue weighted by molar-refractivity contribution is -0.120. The average Bonchev–Trinajstić information content (AvgIpc) is 3.09. The van der Waals surface area contributed by atoms with Crippen molar-refractivity contribution < 1.29 is 4.79 Å². The number of likely N-dealkylation sites (N-methyl/N-ethyl adjacent to an activating group) is 1. The summed E-state index contributed by atoms with van der Waals surface area (Å²) >= 11 is 1.42. The van der Waals surface area contributed by atoms with Crippen LogP contribution in [0.3, 0.4) is 0 Å². The van der Waals surface area contributed by atoms with Crippen molar-refractivity contribution >= 4 is 22.4 Å². The summed E-state index contributed by atoms with van der Waals surface area (Å²) in [5.74, 6) is -0.0697. The van der Waals surface area contributed by atoms with Gasteiger partial charge in [0.15, 0.2) is 0 Å². The Balaban J connectivity index is 1.86. The fraction of sp³-hybridized carbons (Fsp3) is 0.600. The number of hydrogen-bond acceptors (Lipinski definition) is 6. The van der Waals surface area contributed by atoms with Gasteiger partial charge >= 0.3 is 0 Å². The van der Waals surface area contributed by atoms with Crippen molar-refractivity contribution in [1.82, 2.24) is 24.9 Å². The molecule has 0 fully saturated rings. The number of nitrogens with one attached hydrogen (secondary N) is 1. The van der Waals surface area contributed by atoms with E-state index in [9.17, 15) is 4.79 Å². The minimum Gasteiger partial charge on any atom is -0.299 e. The summed E-state index contributed by atoms with van der Waals surface area (Å²) in [6.45, 7) is 9.42. The summed E-state index contributed by atoms with van der Waals surface area (Å²) in [5.41, 5.74) is 2.15. The van der Waals surface area contributed by atoms with E-state index in [1.54, 1.807) is 0 Å². The monoisotopic (exact) mass is 336 g/mol. The van der Waals surface area contributed by atoms with Crippen LogP contribution in [0.15, 0.2) is 6.07 Å². The van der Waals surface area contributed by atoms with Crippen LogP contribution < -0.4 is 5.32 Å². The molecule has 1 amide bonds. The molecule has 0 bridgehead atoms. The Morgan fingerprint density at radius 2 is 2.17 bits per heavy atom. The van der Waals surface area contributed by atoms with Crippen molar-refractivity contribution in [1.29, 1.82) is 0 Å². The number of hydrogen-bond donors (Lipinski definition) is 1. The smallest absolute Gasteiger partial charge is 0.243 e. The number of carbonyl (C=O) groups excluding carboxylic acids is 1. The van der Waals surface area contributed by atoms with Gasteiger partial charge in [0.2, 0.25) is 11.0 Å². The van der Waals surface area contributed by atoms with E-state index in [1.165, 1.54) is 11.3 Å². The number of rotatable bonds is 7. The molecule has 0 saturated heterocycles. The summed E-state index contributed by atoms with van der Waals surface area (Å²) in [6, 6.07) is 1.80. The first-order chi connectivity index (χ1) is 10.9. The molecule has 126 valence electrons. The second-order valence-corrected chi connectivity index (χ2v) is 6.71. The molecular formula is C15H24N6OS. The molecule has 0 spiro atoms. The van der Waals surface area contributed by atoms with Crippen molar-refractivity contribution in [2.24, 2.45) is 0 Å². The third-order valence-corrected chi connectivity index (χ3v) is 4.79. The molecule has 0 aliphatic carbocycles. The van der Waals surface area contributed by atoms with Crippen LogP contribution in [0.1, 0.15) is 30.2 Å². The van der Waals surface area contributed by atoms with Crippen LogP contribution in [0.5, 0.6) is 0 Å². The van der Waals surface area contributed by atoms with Crippen LogP contribution in [0, 0.1) is 13.8 Å². The molecule has 2 rings (SSSR count). The SMILES string of the molecule is CCc1nnc(NC(=O)[C@@H](C)N(C)CCn2nc(C)cc2C)s1. The lowest BCUT2D eigenvalue weighted by atomic mass is 10.3. The molecule has 2 heterocycles. The zero-order chi connectivity index (χ0) is 17.0. The summed E-state index contributed by atoms with van der Waals surface area (Å²) in [4.78, 5) is 14.3. The van der Waals surface area contributed by atoms with Gasteiger partial charge in [0.1, 0.15) is 5.01 Å². The largest absolute Gasteiger partial charge is 0.299 e. The first-order valence-electron chi connectivity index (χ1n) is 7.75. The number of anilines is 1. The standard InChI is InChI=1S/C15H24N6OS/c1-6-13-17-18-15(23-13)16-14(22)12(4)20(5)7-8-21-11(3)9-10(2)19-21/h9,12H,6-8H2,1-5H3,(H,16,18,22)/t12-/m1/s1. The van der Waals surface area contributed by atoms with E-state index in [0.29, 0.717) is 5.13 Å². The Morgan fingerprint density at radius 1 is 1.43 bits per heavy atom. The van der Waals surface area contributed by atoms with Crippen molar-refractivity contribution in [2.45, 2.75) is 46.7 Å². The third kappa shape index (κ3) is 4.59. The predicted octanol–water partition coefficient (Wildman–Crippen LogP) is 1.87. The minimum atomic E-state index is -0.249.